The molecular formula is C27H21F2N5O. The smallest absolute Gasteiger partial charge is 0.255 e. The Balaban J connectivity index is 1.27. The number of allylic oxidation sites excluding steroid dienone is 1. The van der Waals surface area contributed by atoms with Crippen LogP contribution in [0.15, 0.2) is 79.4 Å². The van der Waals surface area contributed by atoms with Crippen LogP contribution < -0.4 is 10.6 Å². The first kappa shape index (κ1) is 22.3. The van der Waals surface area contributed by atoms with Gasteiger partial charge in [-0.3, -0.25) is 4.79 Å². The van der Waals surface area contributed by atoms with Gasteiger partial charge in [0.1, 0.15) is 12.1 Å². The topological polar surface area (TPSA) is 79.8 Å². The molecule has 0 fully saturated rings. The van der Waals surface area contributed by atoms with Crippen LogP contribution in [0.1, 0.15) is 38.3 Å². The van der Waals surface area contributed by atoms with E-state index in [-0.39, 0.29) is 12.5 Å². The fourth-order valence-electron chi connectivity index (χ4n) is 4.02. The van der Waals surface area contributed by atoms with Crippen molar-refractivity contribution in [2.24, 2.45) is 0 Å². The molecule has 0 spiro atoms. The average Bonchev–Trinajstić information content (AvgIpc) is 3.33. The third-order valence-electron chi connectivity index (χ3n) is 5.77. The van der Waals surface area contributed by atoms with Crippen LogP contribution >= 0.6 is 0 Å². The molecule has 2 N–H and O–H groups in total. The molecule has 5 rings (SSSR count). The third kappa shape index (κ3) is 4.91. The standard InChI is InChI=1S/C27H21F2N5O/c28-23-8-6-18(12-24(23)29)14-33-27(35)21-5-2-10-31-26(21)32-13-17-3-1-4-19(11-17)20-7-9-25-22(20)15-30-16-34-25/h1-8,10-12,15-16H,9,13-14H2,(H,31,32)(H,33,35). The van der Waals surface area contributed by atoms with E-state index in [1.54, 1.807) is 24.7 Å². The monoisotopic (exact) mass is 469 g/mol. The first-order valence-electron chi connectivity index (χ1n) is 11.1. The zero-order chi connectivity index (χ0) is 24.2. The highest BCUT2D eigenvalue weighted by Crippen LogP contribution is 2.31. The number of anilines is 1. The van der Waals surface area contributed by atoms with Gasteiger partial charge in [0.25, 0.3) is 5.91 Å². The summed E-state index contributed by atoms with van der Waals surface area (Å²) in [4.78, 5) is 25.6. The Kier molecular flexibility index (Phi) is 6.26. The molecule has 0 saturated heterocycles. The number of amides is 1. The van der Waals surface area contributed by atoms with Gasteiger partial charge in [-0.2, -0.15) is 0 Å². The Morgan fingerprint density at radius 2 is 1.83 bits per heavy atom. The van der Waals surface area contributed by atoms with Crippen LogP contribution in [0.25, 0.3) is 5.57 Å². The number of hydrogen-bond donors (Lipinski definition) is 2. The third-order valence-corrected chi connectivity index (χ3v) is 5.77. The van der Waals surface area contributed by atoms with Crippen molar-refractivity contribution in [3.63, 3.8) is 0 Å². The Bertz CT molecular complexity index is 1440. The van der Waals surface area contributed by atoms with E-state index in [0.29, 0.717) is 23.5 Å². The van der Waals surface area contributed by atoms with Gasteiger partial charge in [0, 0.05) is 37.5 Å². The van der Waals surface area contributed by atoms with Crippen molar-refractivity contribution in [3.8, 4) is 0 Å². The maximum Gasteiger partial charge on any atom is 0.255 e. The summed E-state index contributed by atoms with van der Waals surface area (Å²) in [5.74, 6) is -1.82. The molecule has 8 heteroatoms. The lowest BCUT2D eigenvalue weighted by Crippen LogP contribution is -2.24. The molecule has 2 aromatic heterocycles. The minimum Gasteiger partial charge on any atom is -0.365 e. The summed E-state index contributed by atoms with van der Waals surface area (Å²) < 4.78 is 26.6. The predicted octanol–water partition coefficient (Wildman–Crippen LogP) is 4.68. The van der Waals surface area contributed by atoms with E-state index in [2.05, 4.69) is 43.8 Å². The van der Waals surface area contributed by atoms with Crippen LogP contribution in [0.5, 0.6) is 0 Å². The van der Waals surface area contributed by atoms with Crippen molar-refractivity contribution in [2.45, 2.75) is 19.5 Å². The minimum absolute atomic E-state index is 0.0622. The number of halogens is 2. The molecule has 0 bridgehead atoms. The van der Waals surface area contributed by atoms with Gasteiger partial charge in [0.05, 0.1) is 11.3 Å². The maximum absolute atomic E-state index is 13.4. The lowest BCUT2D eigenvalue weighted by Gasteiger charge is -2.12. The van der Waals surface area contributed by atoms with Gasteiger partial charge in [-0.05, 0) is 52.6 Å². The summed E-state index contributed by atoms with van der Waals surface area (Å²) in [6.07, 6.45) is 7.94. The minimum atomic E-state index is -0.952. The van der Waals surface area contributed by atoms with E-state index in [1.807, 2.05) is 18.3 Å². The van der Waals surface area contributed by atoms with Crippen molar-refractivity contribution >= 4 is 17.3 Å². The molecule has 0 saturated carbocycles. The number of fused-ring (bicyclic) bond motifs is 1. The van der Waals surface area contributed by atoms with Gasteiger partial charge in [-0.25, -0.2) is 23.7 Å². The van der Waals surface area contributed by atoms with Crippen LogP contribution in [-0.2, 0) is 19.5 Å². The van der Waals surface area contributed by atoms with Crippen LogP contribution in [-0.4, -0.2) is 20.9 Å². The normalized spacial score (nSPS) is 12.1. The Hall–Kier alpha value is -4.46. The molecule has 1 amide bonds. The van der Waals surface area contributed by atoms with Gasteiger partial charge in [0.15, 0.2) is 11.6 Å². The largest absolute Gasteiger partial charge is 0.365 e. The number of hydrogen-bond acceptors (Lipinski definition) is 5. The van der Waals surface area contributed by atoms with Crippen molar-refractivity contribution in [1.82, 2.24) is 20.3 Å². The van der Waals surface area contributed by atoms with E-state index < -0.39 is 11.6 Å². The molecule has 174 valence electrons. The van der Waals surface area contributed by atoms with Gasteiger partial charge in [0.2, 0.25) is 0 Å². The number of nitrogens with one attached hydrogen (secondary N) is 2. The van der Waals surface area contributed by atoms with Crippen molar-refractivity contribution in [2.75, 3.05) is 5.32 Å². The predicted molar refractivity (Wildman–Crippen MR) is 128 cm³/mol. The number of aromatic nitrogens is 3. The number of benzene rings is 2. The first-order chi connectivity index (χ1) is 17.1. The van der Waals surface area contributed by atoms with Gasteiger partial charge in [-0.1, -0.05) is 30.3 Å². The second kappa shape index (κ2) is 9.80. The first-order valence-corrected chi connectivity index (χ1v) is 11.1. The maximum atomic E-state index is 13.4. The highest BCUT2D eigenvalue weighted by atomic mass is 19.2. The zero-order valence-electron chi connectivity index (χ0n) is 18.6. The van der Waals surface area contributed by atoms with Crippen LogP contribution in [0.4, 0.5) is 14.6 Å². The van der Waals surface area contributed by atoms with E-state index in [9.17, 15) is 13.6 Å². The fraction of sp³-hybridized carbons (Fsp3) is 0.111. The number of carbonyl (C=O) groups is 1. The molecule has 2 aromatic carbocycles. The van der Waals surface area contributed by atoms with E-state index in [1.165, 1.54) is 6.07 Å². The Labute approximate surface area is 200 Å². The van der Waals surface area contributed by atoms with Crippen LogP contribution in [0.3, 0.4) is 0 Å². The van der Waals surface area contributed by atoms with Crippen LogP contribution in [0, 0.1) is 11.6 Å². The summed E-state index contributed by atoms with van der Waals surface area (Å²) >= 11 is 0. The molecule has 4 aromatic rings. The molecule has 1 aliphatic rings. The van der Waals surface area contributed by atoms with Gasteiger partial charge >= 0.3 is 0 Å². The van der Waals surface area contributed by atoms with E-state index in [0.717, 1.165) is 46.5 Å². The van der Waals surface area contributed by atoms with E-state index >= 15 is 0 Å². The fourth-order valence-corrected chi connectivity index (χ4v) is 4.02. The number of pyridine rings is 1. The van der Waals surface area contributed by atoms with Crippen molar-refractivity contribution in [3.05, 3.63) is 125 Å². The van der Waals surface area contributed by atoms with Crippen molar-refractivity contribution in [1.29, 1.82) is 0 Å². The number of rotatable bonds is 7. The molecule has 0 radical (unpaired) electrons. The molecule has 0 aliphatic heterocycles. The molecule has 0 unspecified atom stereocenters. The Morgan fingerprint density at radius 1 is 0.943 bits per heavy atom. The number of carbonyl (C=O) groups excluding carboxylic acids is 1. The van der Waals surface area contributed by atoms with E-state index in [4.69, 9.17) is 0 Å². The summed E-state index contributed by atoms with van der Waals surface area (Å²) in [6.45, 7) is 0.520. The van der Waals surface area contributed by atoms with Crippen molar-refractivity contribution < 1.29 is 13.6 Å². The highest BCUT2D eigenvalue weighted by Gasteiger charge is 2.17. The lowest BCUT2D eigenvalue weighted by atomic mass is 10.00. The highest BCUT2D eigenvalue weighted by molar-refractivity contribution is 5.98. The summed E-state index contributed by atoms with van der Waals surface area (Å²) in [7, 11) is 0. The lowest BCUT2D eigenvalue weighted by molar-refractivity contribution is 0.0951. The molecule has 0 atom stereocenters. The van der Waals surface area contributed by atoms with Crippen LogP contribution in [0.2, 0.25) is 0 Å². The quantitative estimate of drug-likeness (QED) is 0.411. The second-order valence-electron chi connectivity index (χ2n) is 8.09. The summed E-state index contributed by atoms with van der Waals surface area (Å²) in [5.41, 5.74) is 6.08. The molecule has 1 aliphatic carbocycles. The second-order valence-corrected chi connectivity index (χ2v) is 8.09. The molecule has 6 nitrogen and oxygen atoms in total. The SMILES string of the molecule is O=C(NCc1ccc(F)c(F)c1)c1cccnc1NCc1cccc(C2=CCc3ncncc32)c1. The Morgan fingerprint density at radius 3 is 2.71 bits per heavy atom. The zero-order valence-corrected chi connectivity index (χ0v) is 18.6. The number of nitrogens with zero attached hydrogens (tertiary/aromatic N) is 3. The summed E-state index contributed by atoms with van der Waals surface area (Å²) in [6, 6.07) is 15.0. The van der Waals surface area contributed by atoms with Gasteiger partial charge in [-0.15, -0.1) is 0 Å². The van der Waals surface area contributed by atoms with Gasteiger partial charge < -0.3 is 10.6 Å². The average molecular weight is 469 g/mol. The molecule has 2 heterocycles. The molecule has 35 heavy (non-hydrogen) atoms. The summed E-state index contributed by atoms with van der Waals surface area (Å²) in [5, 5.41) is 5.97. The molecular weight excluding hydrogens is 448 g/mol.